The van der Waals surface area contributed by atoms with Crippen molar-refractivity contribution in [1.82, 2.24) is 15.5 Å². The zero-order valence-electron chi connectivity index (χ0n) is 15.7. The lowest BCUT2D eigenvalue weighted by Gasteiger charge is -2.35. The molecule has 2 N–H and O–H groups in total. The molecule has 1 aliphatic heterocycles. The molecule has 0 amide bonds. The topological polar surface area (TPSA) is 48.9 Å². The highest BCUT2D eigenvalue weighted by molar-refractivity contribution is 14.0. The van der Waals surface area contributed by atoms with E-state index in [9.17, 15) is 13.2 Å². The van der Waals surface area contributed by atoms with E-state index in [0.717, 1.165) is 43.8 Å². The number of ether oxygens (including phenoxy) is 1. The van der Waals surface area contributed by atoms with E-state index < -0.39 is 11.7 Å². The minimum atomic E-state index is -4.32. The van der Waals surface area contributed by atoms with Gasteiger partial charge in [0.2, 0.25) is 0 Å². The summed E-state index contributed by atoms with van der Waals surface area (Å²) in [4.78, 5) is 6.41. The molecular formula is C18H28F3IN4O. The highest BCUT2D eigenvalue weighted by Gasteiger charge is 2.31. The van der Waals surface area contributed by atoms with Crippen molar-refractivity contribution in [3.8, 4) is 0 Å². The van der Waals surface area contributed by atoms with Gasteiger partial charge in [0.1, 0.15) is 0 Å². The molecule has 1 atom stereocenters. The van der Waals surface area contributed by atoms with Crippen molar-refractivity contribution in [1.29, 1.82) is 0 Å². The van der Waals surface area contributed by atoms with Crippen LogP contribution in [0.2, 0.25) is 0 Å². The molecule has 1 heterocycles. The molecule has 0 saturated carbocycles. The van der Waals surface area contributed by atoms with Crippen LogP contribution in [0.25, 0.3) is 0 Å². The molecule has 0 aromatic heterocycles. The second kappa shape index (κ2) is 11.7. The number of morpholine rings is 1. The first-order valence-corrected chi connectivity index (χ1v) is 8.89. The van der Waals surface area contributed by atoms with Gasteiger partial charge >= 0.3 is 6.18 Å². The van der Waals surface area contributed by atoms with E-state index >= 15 is 0 Å². The molecule has 154 valence electrons. The summed E-state index contributed by atoms with van der Waals surface area (Å²) in [6, 6.07) is 5.36. The van der Waals surface area contributed by atoms with Crippen molar-refractivity contribution in [2.75, 3.05) is 46.4 Å². The van der Waals surface area contributed by atoms with Crippen LogP contribution in [0.4, 0.5) is 13.2 Å². The second-order valence-electron chi connectivity index (χ2n) is 6.16. The molecule has 2 rings (SSSR count). The first-order chi connectivity index (χ1) is 12.5. The zero-order chi connectivity index (χ0) is 19.0. The predicted molar refractivity (Wildman–Crippen MR) is 112 cm³/mol. The Hall–Kier alpha value is -1.07. The Morgan fingerprint density at radius 2 is 1.81 bits per heavy atom. The molecule has 1 aromatic carbocycles. The smallest absolute Gasteiger partial charge is 0.379 e. The maximum atomic E-state index is 12.8. The van der Waals surface area contributed by atoms with Crippen molar-refractivity contribution >= 4 is 29.9 Å². The van der Waals surface area contributed by atoms with E-state index in [4.69, 9.17) is 4.74 Å². The average molecular weight is 500 g/mol. The minimum absolute atomic E-state index is 0. The fraction of sp³-hybridized carbons (Fsp3) is 0.611. The largest absolute Gasteiger partial charge is 0.416 e. The van der Waals surface area contributed by atoms with Gasteiger partial charge in [0, 0.05) is 33.2 Å². The molecule has 1 saturated heterocycles. The average Bonchev–Trinajstić information content (AvgIpc) is 2.65. The van der Waals surface area contributed by atoms with E-state index in [-0.39, 0.29) is 30.0 Å². The van der Waals surface area contributed by atoms with Crippen LogP contribution in [-0.4, -0.2) is 57.3 Å². The standard InChI is InChI=1S/C18H27F3N4O.HI/c1-3-8-23-17(22-2)24-13-16(25-9-11-26-12-10-25)14-4-6-15(7-5-14)18(19,20)21;/h4-7,16H,3,8-13H2,1-2H3,(H2,22,23,24);1H. The molecule has 1 fully saturated rings. The minimum Gasteiger partial charge on any atom is -0.379 e. The van der Waals surface area contributed by atoms with Crippen LogP contribution in [0.5, 0.6) is 0 Å². The maximum Gasteiger partial charge on any atom is 0.416 e. The number of nitrogens with zero attached hydrogens (tertiary/aromatic N) is 2. The van der Waals surface area contributed by atoms with Crippen molar-refractivity contribution in [3.05, 3.63) is 35.4 Å². The first-order valence-electron chi connectivity index (χ1n) is 8.89. The predicted octanol–water partition coefficient (Wildman–Crippen LogP) is 3.27. The fourth-order valence-corrected chi connectivity index (χ4v) is 2.90. The number of rotatable bonds is 6. The van der Waals surface area contributed by atoms with Gasteiger partial charge in [0.05, 0.1) is 24.8 Å². The summed E-state index contributed by atoms with van der Waals surface area (Å²) in [5.41, 5.74) is 0.216. The Morgan fingerprint density at radius 1 is 1.19 bits per heavy atom. The van der Waals surface area contributed by atoms with Crippen LogP contribution in [0.3, 0.4) is 0 Å². The molecule has 0 bridgehead atoms. The van der Waals surface area contributed by atoms with Gasteiger partial charge in [-0.05, 0) is 24.1 Å². The quantitative estimate of drug-likeness (QED) is 0.358. The van der Waals surface area contributed by atoms with Gasteiger partial charge in [-0.1, -0.05) is 19.1 Å². The summed E-state index contributed by atoms with van der Waals surface area (Å²) >= 11 is 0. The normalized spacial score (nSPS) is 17.1. The monoisotopic (exact) mass is 500 g/mol. The van der Waals surface area contributed by atoms with E-state index in [2.05, 4.69) is 27.4 Å². The van der Waals surface area contributed by atoms with E-state index in [0.29, 0.717) is 25.7 Å². The Kier molecular flexibility index (Phi) is 10.4. The van der Waals surface area contributed by atoms with E-state index in [1.165, 1.54) is 0 Å². The lowest BCUT2D eigenvalue weighted by molar-refractivity contribution is -0.137. The SMILES string of the molecule is CCCNC(=NC)NCC(c1ccc(C(F)(F)F)cc1)N1CCOCC1.I. The number of hydrogen-bond acceptors (Lipinski definition) is 3. The Balaban J connectivity index is 0.00000364. The summed E-state index contributed by atoms with van der Waals surface area (Å²) < 4.78 is 43.9. The van der Waals surface area contributed by atoms with Gasteiger partial charge in [-0.25, -0.2) is 0 Å². The highest BCUT2D eigenvalue weighted by Crippen LogP contribution is 2.31. The van der Waals surface area contributed by atoms with Gasteiger partial charge in [-0.2, -0.15) is 13.2 Å². The second-order valence-corrected chi connectivity index (χ2v) is 6.16. The molecular weight excluding hydrogens is 472 g/mol. The number of halogens is 4. The van der Waals surface area contributed by atoms with Crippen molar-refractivity contribution < 1.29 is 17.9 Å². The molecule has 0 aliphatic carbocycles. The summed E-state index contributed by atoms with van der Waals surface area (Å²) in [5, 5.41) is 6.48. The third-order valence-corrected chi connectivity index (χ3v) is 4.34. The summed E-state index contributed by atoms with van der Waals surface area (Å²) in [7, 11) is 1.70. The molecule has 0 spiro atoms. The summed E-state index contributed by atoms with van der Waals surface area (Å²) in [6.07, 6.45) is -3.34. The highest BCUT2D eigenvalue weighted by atomic mass is 127. The van der Waals surface area contributed by atoms with Crippen LogP contribution in [0.15, 0.2) is 29.3 Å². The number of nitrogens with one attached hydrogen (secondary N) is 2. The van der Waals surface area contributed by atoms with Crippen molar-refractivity contribution in [2.24, 2.45) is 4.99 Å². The first kappa shape index (κ1) is 24.0. The Labute approximate surface area is 175 Å². The fourth-order valence-electron chi connectivity index (χ4n) is 2.90. The van der Waals surface area contributed by atoms with Gasteiger partial charge in [-0.15, -0.1) is 24.0 Å². The van der Waals surface area contributed by atoms with Gasteiger partial charge < -0.3 is 15.4 Å². The molecule has 1 unspecified atom stereocenters. The number of alkyl halides is 3. The number of hydrogen-bond donors (Lipinski definition) is 2. The molecule has 5 nitrogen and oxygen atoms in total. The van der Waals surface area contributed by atoms with E-state index in [1.807, 2.05) is 0 Å². The Morgan fingerprint density at radius 3 is 2.33 bits per heavy atom. The van der Waals surface area contributed by atoms with Crippen LogP contribution < -0.4 is 10.6 Å². The van der Waals surface area contributed by atoms with Crippen molar-refractivity contribution in [3.63, 3.8) is 0 Å². The molecule has 1 aromatic rings. The lowest BCUT2D eigenvalue weighted by atomic mass is 10.0. The molecule has 0 radical (unpaired) electrons. The Bertz CT molecular complexity index is 575. The van der Waals surface area contributed by atoms with Crippen LogP contribution in [0.1, 0.15) is 30.5 Å². The number of guanidine groups is 1. The van der Waals surface area contributed by atoms with Crippen molar-refractivity contribution in [2.45, 2.75) is 25.6 Å². The lowest BCUT2D eigenvalue weighted by Crippen LogP contribution is -2.46. The van der Waals surface area contributed by atoms with Crippen LogP contribution in [0, 0.1) is 0 Å². The van der Waals surface area contributed by atoms with Crippen LogP contribution >= 0.6 is 24.0 Å². The molecule has 27 heavy (non-hydrogen) atoms. The third-order valence-electron chi connectivity index (χ3n) is 4.34. The zero-order valence-corrected chi connectivity index (χ0v) is 18.0. The van der Waals surface area contributed by atoms with Gasteiger partial charge in [0.25, 0.3) is 0 Å². The van der Waals surface area contributed by atoms with Crippen LogP contribution in [-0.2, 0) is 10.9 Å². The summed E-state index contributed by atoms with van der Waals surface area (Å²) in [5.74, 6) is 0.692. The molecule has 1 aliphatic rings. The third kappa shape index (κ3) is 7.46. The van der Waals surface area contributed by atoms with Gasteiger partial charge in [0.15, 0.2) is 5.96 Å². The molecule has 9 heteroatoms. The number of aliphatic imine (C=N–C) groups is 1. The number of benzene rings is 1. The summed E-state index contributed by atoms with van der Waals surface area (Å²) in [6.45, 7) is 6.17. The van der Waals surface area contributed by atoms with Gasteiger partial charge in [-0.3, -0.25) is 9.89 Å². The van der Waals surface area contributed by atoms with E-state index in [1.54, 1.807) is 19.2 Å². The maximum absolute atomic E-state index is 12.8.